The van der Waals surface area contributed by atoms with Crippen molar-refractivity contribution in [2.24, 2.45) is 17.6 Å². The van der Waals surface area contributed by atoms with Crippen LogP contribution < -0.4 is 21.3 Å². The minimum absolute atomic E-state index is 0.0152. The van der Waals surface area contributed by atoms with Gasteiger partial charge >= 0.3 is 0 Å². The quantitative estimate of drug-likeness (QED) is 0.0905. The third kappa shape index (κ3) is 5.27. The van der Waals surface area contributed by atoms with Crippen molar-refractivity contribution in [3.05, 3.63) is 67.4 Å². The topological polar surface area (TPSA) is 249 Å². The number of nitro benzene ring substituents is 1. The van der Waals surface area contributed by atoms with E-state index < -0.39 is 81.2 Å². The molecule has 254 valence electrons. The summed E-state index contributed by atoms with van der Waals surface area (Å²) in [5, 5.41) is 62.6. The molecule has 3 aliphatic rings. The molecule has 2 aromatic carbocycles. The number of hydrogen-bond acceptors (Lipinski definition) is 13. The number of benzene rings is 2. The van der Waals surface area contributed by atoms with Crippen LogP contribution in [0.3, 0.4) is 0 Å². The number of halogens is 1. The van der Waals surface area contributed by atoms with E-state index in [4.69, 9.17) is 17.3 Å². The number of aliphatic hydroxyl groups is 3. The predicted molar refractivity (Wildman–Crippen MR) is 174 cm³/mol. The number of phenols is 1. The molecule has 1 saturated carbocycles. The van der Waals surface area contributed by atoms with Crippen LogP contribution >= 0.6 is 11.6 Å². The number of nitro groups is 1. The number of nitrogens with one attached hydrogen (secondary N) is 2. The number of likely N-dealkylation sites (N-methyl/N-ethyl adjacent to an activating group) is 1. The maximum Gasteiger partial charge on any atom is 0.293 e. The van der Waals surface area contributed by atoms with Gasteiger partial charge in [-0.1, -0.05) is 11.6 Å². The fraction of sp³-hybridized carbons (Fsp3) is 0.355. The number of primary amides is 1. The number of rotatable bonds is 8. The van der Waals surface area contributed by atoms with Crippen LogP contribution in [0.15, 0.2) is 41.2 Å². The number of anilines is 3. The third-order valence-corrected chi connectivity index (χ3v) is 9.28. The lowest BCUT2D eigenvalue weighted by atomic mass is 9.57. The third-order valence-electron chi connectivity index (χ3n) is 9.05. The molecular weight excluding hydrogens is 652 g/mol. The van der Waals surface area contributed by atoms with Crippen LogP contribution in [-0.2, 0) is 25.6 Å². The Labute approximate surface area is 278 Å². The monoisotopic (exact) mass is 684 g/mol. The fourth-order valence-electron chi connectivity index (χ4n) is 6.96. The Balaban J connectivity index is 1.56. The number of carbonyl (C=O) groups is 4. The van der Waals surface area contributed by atoms with Gasteiger partial charge in [-0.3, -0.25) is 34.2 Å². The van der Waals surface area contributed by atoms with Crippen LogP contribution in [0.4, 0.5) is 22.7 Å². The Morgan fingerprint density at radius 2 is 1.79 bits per heavy atom. The van der Waals surface area contributed by atoms with Crippen LogP contribution in [0, 0.1) is 22.0 Å². The van der Waals surface area contributed by atoms with Crippen LogP contribution in [0.2, 0.25) is 5.02 Å². The number of hydrogen-bond donors (Lipinski definition) is 7. The van der Waals surface area contributed by atoms with E-state index in [2.05, 4.69) is 10.6 Å². The van der Waals surface area contributed by atoms with Crippen LogP contribution in [0.25, 0.3) is 5.76 Å². The van der Waals surface area contributed by atoms with Crippen molar-refractivity contribution in [1.82, 2.24) is 4.90 Å². The number of amides is 2. The Bertz CT molecular complexity index is 1870. The summed E-state index contributed by atoms with van der Waals surface area (Å²) in [6, 6.07) is 4.08. The van der Waals surface area contributed by atoms with Gasteiger partial charge < -0.3 is 41.7 Å². The molecule has 0 bridgehead atoms. The average molecular weight is 685 g/mol. The summed E-state index contributed by atoms with van der Waals surface area (Å²) in [5.41, 5.74) is 1.42. The van der Waals surface area contributed by atoms with E-state index in [1.54, 1.807) is 19.0 Å². The largest absolute Gasteiger partial charge is 0.508 e. The van der Waals surface area contributed by atoms with Crippen molar-refractivity contribution in [3.8, 4) is 5.75 Å². The number of aliphatic hydroxyl groups excluding tert-OH is 2. The van der Waals surface area contributed by atoms with E-state index in [9.17, 15) is 49.7 Å². The summed E-state index contributed by atoms with van der Waals surface area (Å²) in [7, 11) is 6.38. The molecule has 0 spiro atoms. The lowest BCUT2D eigenvalue weighted by Gasteiger charge is -2.50. The van der Waals surface area contributed by atoms with Crippen LogP contribution in [0.1, 0.15) is 17.5 Å². The van der Waals surface area contributed by atoms with E-state index in [0.29, 0.717) is 11.3 Å². The highest BCUT2D eigenvalue weighted by molar-refractivity contribution is 6.31. The van der Waals surface area contributed by atoms with Crippen molar-refractivity contribution in [1.29, 1.82) is 0 Å². The number of nitrogens with two attached hydrogens (primary N) is 1. The summed E-state index contributed by atoms with van der Waals surface area (Å²) < 4.78 is 0. The zero-order valence-electron chi connectivity index (χ0n) is 26.2. The van der Waals surface area contributed by atoms with Gasteiger partial charge in [0.1, 0.15) is 28.5 Å². The van der Waals surface area contributed by atoms with Crippen molar-refractivity contribution in [2.45, 2.75) is 24.5 Å². The van der Waals surface area contributed by atoms with Crippen LogP contribution in [0.5, 0.6) is 5.75 Å². The summed E-state index contributed by atoms with van der Waals surface area (Å²) in [4.78, 5) is 66.4. The number of fused-ring (bicyclic) bond motifs is 3. The summed E-state index contributed by atoms with van der Waals surface area (Å²) in [5.74, 6) is -8.65. The molecule has 0 unspecified atom stereocenters. The molecule has 16 nitrogen and oxygen atoms in total. The van der Waals surface area contributed by atoms with Crippen molar-refractivity contribution < 1.29 is 44.5 Å². The zero-order chi connectivity index (χ0) is 35.6. The van der Waals surface area contributed by atoms with E-state index in [0.717, 1.165) is 6.07 Å². The molecule has 0 saturated heterocycles. The van der Waals surface area contributed by atoms with Crippen LogP contribution in [-0.4, -0.2) is 100 Å². The summed E-state index contributed by atoms with van der Waals surface area (Å²) >= 11 is 5.85. The smallest absolute Gasteiger partial charge is 0.293 e. The van der Waals surface area contributed by atoms with Gasteiger partial charge in [0.05, 0.1) is 28.8 Å². The predicted octanol–water partition coefficient (Wildman–Crippen LogP) is 1.64. The minimum atomic E-state index is -2.80. The van der Waals surface area contributed by atoms with Gasteiger partial charge in [0.25, 0.3) is 11.6 Å². The summed E-state index contributed by atoms with van der Waals surface area (Å²) in [6.07, 6.45) is -0.0357. The number of Topliss-reactive ketones (excluding diaryl/α,β-unsaturated/α-hetero) is 2. The molecule has 2 amide bonds. The first-order valence-electron chi connectivity index (χ1n) is 14.6. The van der Waals surface area contributed by atoms with Gasteiger partial charge in [0, 0.05) is 42.4 Å². The molecule has 2 aromatic rings. The highest BCUT2D eigenvalue weighted by Gasteiger charge is 2.64. The zero-order valence-corrected chi connectivity index (χ0v) is 27.0. The Kier molecular flexibility index (Phi) is 8.62. The molecule has 17 heteroatoms. The molecule has 5 rings (SSSR count). The molecule has 0 radical (unpaired) electrons. The molecule has 0 aliphatic heterocycles. The Morgan fingerprint density at radius 1 is 1.12 bits per heavy atom. The maximum absolute atomic E-state index is 14.1. The van der Waals surface area contributed by atoms with E-state index in [1.807, 2.05) is 0 Å². The number of phenolic OH excluding ortho intramolecular Hbond substituents is 1. The second-order valence-corrected chi connectivity index (χ2v) is 12.8. The second-order valence-electron chi connectivity index (χ2n) is 12.3. The standard InChI is InChI=1S/C31H33ClN6O10/c1-36(2)18-10-17(35-20(39)11-34-16-6-5-13(32)9-19(16)38(47)48)25(40)22-14(18)7-12-8-15-24(37(3)4)27(42)23(30(33)45)29(44)31(15,46)28(43)21(12)26(22)41/h5-6,9-10,12,15,24,34,40-41,44,46H,7-8,11H2,1-4H3,(H2,33,45)(H,35,39)/t12-,15-,24-,31-/m0/s1. The molecular formula is C31H33ClN6O10. The normalized spacial score (nSPS) is 23.4. The first-order chi connectivity index (χ1) is 22.4. The summed E-state index contributed by atoms with van der Waals surface area (Å²) in [6.45, 7) is -0.474. The van der Waals surface area contributed by atoms with E-state index in [-0.39, 0.29) is 46.1 Å². The number of carbonyl (C=O) groups excluding carboxylic acids is 4. The molecule has 8 N–H and O–H groups in total. The highest BCUT2D eigenvalue weighted by atomic mass is 35.5. The lowest BCUT2D eigenvalue weighted by molar-refractivity contribution is -0.383. The Hall–Kier alpha value is -5.19. The fourth-order valence-corrected chi connectivity index (χ4v) is 7.13. The molecule has 48 heavy (non-hydrogen) atoms. The first-order valence-corrected chi connectivity index (χ1v) is 15.0. The highest BCUT2D eigenvalue weighted by Crippen LogP contribution is 2.54. The Morgan fingerprint density at radius 3 is 2.38 bits per heavy atom. The van der Waals surface area contributed by atoms with Crippen molar-refractivity contribution in [2.75, 3.05) is 50.3 Å². The van der Waals surface area contributed by atoms with Gasteiger partial charge in [0.2, 0.25) is 11.7 Å². The molecule has 3 aliphatic carbocycles. The van der Waals surface area contributed by atoms with Gasteiger partial charge in [0.15, 0.2) is 11.4 Å². The van der Waals surface area contributed by atoms with Gasteiger partial charge in [-0.05, 0) is 56.6 Å². The second kappa shape index (κ2) is 12.1. The number of aromatic hydroxyl groups is 1. The van der Waals surface area contributed by atoms with Gasteiger partial charge in [-0.2, -0.15) is 0 Å². The first kappa shape index (κ1) is 34.2. The lowest BCUT2D eigenvalue weighted by Crippen LogP contribution is -2.65. The van der Waals surface area contributed by atoms with E-state index in [1.165, 1.54) is 37.2 Å². The minimum Gasteiger partial charge on any atom is -0.508 e. The molecule has 0 heterocycles. The van der Waals surface area contributed by atoms with E-state index >= 15 is 0 Å². The number of ketones is 2. The number of nitrogens with zero attached hydrogens (tertiary/aromatic N) is 3. The van der Waals surface area contributed by atoms with Crippen molar-refractivity contribution in [3.63, 3.8) is 0 Å². The SMILES string of the molecule is CN(C)c1cc(NC(=O)CNc2ccc(Cl)cc2[N+](=O)[O-])c(O)c2c1C[C@H]1C[C@H]3[C@H](N(C)C)C(=O)C(C(N)=O)=C(O)[C@@]3(O)C(=O)C1=C2O. The maximum atomic E-state index is 14.1. The van der Waals surface area contributed by atoms with Crippen molar-refractivity contribution >= 4 is 63.5 Å². The van der Waals surface area contributed by atoms with Gasteiger partial charge in [-0.15, -0.1) is 0 Å². The molecule has 4 atom stereocenters. The van der Waals surface area contributed by atoms with Gasteiger partial charge in [-0.25, -0.2) is 0 Å². The molecule has 1 fully saturated rings. The molecule has 0 aromatic heterocycles. The average Bonchev–Trinajstić information content (AvgIpc) is 2.99.